The van der Waals surface area contributed by atoms with Gasteiger partial charge in [0.25, 0.3) is 5.91 Å². The van der Waals surface area contributed by atoms with Gasteiger partial charge in [0.1, 0.15) is 12.1 Å². The van der Waals surface area contributed by atoms with Gasteiger partial charge >= 0.3 is 0 Å². The lowest BCUT2D eigenvalue weighted by Crippen LogP contribution is -2.68. The maximum Gasteiger partial charge on any atom is 0.253 e. The van der Waals surface area contributed by atoms with Crippen molar-refractivity contribution < 1.29 is 9.59 Å². The highest BCUT2D eigenvalue weighted by molar-refractivity contribution is 5.98. The first-order chi connectivity index (χ1) is 9.85. The van der Waals surface area contributed by atoms with Crippen molar-refractivity contribution in [3.05, 3.63) is 35.9 Å². The van der Waals surface area contributed by atoms with Crippen LogP contribution in [-0.4, -0.2) is 28.8 Å². The predicted molar refractivity (Wildman–Crippen MR) is 80.5 cm³/mol. The van der Waals surface area contributed by atoms with E-state index < -0.39 is 5.54 Å². The molecule has 0 aromatic heterocycles. The van der Waals surface area contributed by atoms with E-state index in [9.17, 15) is 9.59 Å². The first kappa shape index (κ1) is 14.1. The molecule has 1 unspecified atom stereocenters. The molecule has 2 aliphatic rings. The number of nitrogens with zero attached hydrogens (tertiary/aromatic N) is 1. The van der Waals surface area contributed by atoms with E-state index >= 15 is 0 Å². The molecule has 0 spiro atoms. The number of carbonyl (C=O) groups excluding carboxylic acids is 2. The van der Waals surface area contributed by atoms with Crippen LogP contribution in [0.5, 0.6) is 0 Å². The number of benzene rings is 1. The standard InChI is InChI=1S/C17H22N2O2/c1-16(2,12-9-10-12)19-11-14(20)18-17(3,15(19)21)13-7-5-4-6-8-13/h4-8,12H,9-11H2,1-3H3,(H,18,20). The van der Waals surface area contributed by atoms with Crippen molar-refractivity contribution in [3.8, 4) is 0 Å². The molecular formula is C17H22N2O2. The first-order valence-corrected chi connectivity index (χ1v) is 7.54. The van der Waals surface area contributed by atoms with Crippen LogP contribution < -0.4 is 5.32 Å². The number of carbonyl (C=O) groups is 2. The van der Waals surface area contributed by atoms with Crippen LogP contribution in [0, 0.1) is 5.92 Å². The fraction of sp³-hybridized carbons (Fsp3) is 0.529. The van der Waals surface area contributed by atoms with Gasteiger partial charge in [-0.05, 0) is 45.1 Å². The summed E-state index contributed by atoms with van der Waals surface area (Å²) in [5, 5.41) is 2.89. The van der Waals surface area contributed by atoms with Gasteiger partial charge < -0.3 is 10.2 Å². The summed E-state index contributed by atoms with van der Waals surface area (Å²) < 4.78 is 0. The smallest absolute Gasteiger partial charge is 0.253 e. The van der Waals surface area contributed by atoms with Gasteiger partial charge in [0.05, 0.1) is 0 Å². The number of rotatable bonds is 3. The number of hydrogen-bond donors (Lipinski definition) is 1. The molecule has 3 rings (SSSR count). The summed E-state index contributed by atoms with van der Waals surface area (Å²) in [6, 6.07) is 9.49. The van der Waals surface area contributed by atoms with Crippen LogP contribution in [0.25, 0.3) is 0 Å². The fourth-order valence-electron chi connectivity index (χ4n) is 3.30. The maximum absolute atomic E-state index is 13.1. The van der Waals surface area contributed by atoms with Crippen LogP contribution in [-0.2, 0) is 15.1 Å². The lowest BCUT2D eigenvalue weighted by atomic mass is 9.85. The average molecular weight is 286 g/mol. The molecule has 1 heterocycles. The lowest BCUT2D eigenvalue weighted by Gasteiger charge is -2.47. The second kappa shape index (κ2) is 4.58. The van der Waals surface area contributed by atoms with Gasteiger partial charge in [-0.25, -0.2) is 0 Å². The molecule has 1 N–H and O–H groups in total. The Balaban J connectivity index is 1.99. The molecule has 112 valence electrons. The summed E-state index contributed by atoms with van der Waals surface area (Å²) in [4.78, 5) is 27.1. The van der Waals surface area contributed by atoms with Gasteiger partial charge in [0.2, 0.25) is 5.91 Å². The third-order valence-corrected chi connectivity index (χ3v) is 4.99. The molecule has 21 heavy (non-hydrogen) atoms. The molecule has 1 atom stereocenters. The molecule has 2 amide bonds. The second-order valence-corrected chi connectivity index (χ2v) is 6.86. The van der Waals surface area contributed by atoms with Crippen LogP contribution in [0.1, 0.15) is 39.2 Å². The van der Waals surface area contributed by atoms with Gasteiger partial charge in [-0.2, -0.15) is 0 Å². The van der Waals surface area contributed by atoms with E-state index in [1.165, 1.54) is 0 Å². The van der Waals surface area contributed by atoms with Crippen LogP contribution in [0.15, 0.2) is 30.3 Å². The van der Waals surface area contributed by atoms with Crippen molar-refractivity contribution in [2.24, 2.45) is 5.92 Å². The first-order valence-electron chi connectivity index (χ1n) is 7.54. The Labute approximate surface area is 125 Å². The van der Waals surface area contributed by atoms with Crippen molar-refractivity contribution in [1.82, 2.24) is 10.2 Å². The summed E-state index contributed by atoms with van der Waals surface area (Å²) in [6.45, 7) is 6.11. The number of nitrogens with one attached hydrogen (secondary N) is 1. The molecule has 1 saturated carbocycles. The Morgan fingerprint density at radius 1 is 1.19 bits per heavy atom. The maximum atomic E-state index is 13.1. The van der Waals surface area contributed by atoms with Gasteiger partial charge in [0, 0.05) is 5.54 Å². The molecule has 1 aliphatic carbocycles. The Kier molecular flexibility index (Phi) is 3.08. The van der Waals surface area contributed by atoms with Crippen molar-refractivity contribution in [2.75, 3.05) is 6.54 Å². The Morgan fingerprint density at radius 3 is 2.38 bits per heavy atom. The Morgan fingerprint density at radius 2 is 1.81 bits per heavy atom. The zero-order valence-electron chi connectivity index (χ0n) is 12.8. The summed E-state index contributed by atoms with van der Waals surface area (Å²) in [6.07, 6.45) is 2.28. The van der Waals surface area contributed by atoms with Gasteiger partial charge in [-0.3, -0.25) is 9.59 Å². The minimum absolute atomic E-state index is 0.00907. The monoisotopic (exact) mass is 286 g/mol. The van der Waals surface area contributed by atoms with Crippen LogP contribution >= 0.6 is 0 Å². The minimum Gasteiger partial charge on any atom is -0.337 e. The van der Waals surface area contributed by atoms with E-state index in [0.717, 1.165) is 18.4 Å². The predicted octanol–water partition coefficient (Wildman–Crippen LogP) is 2.05. The van der Waals surface area contributed by atoms with Crippen molar-refractivity contribution >= 4 is 11.8 Å². The minimum atomic E-state index is -0.969. The normalized spacial score (nSPS) is 26.7. The third-order valence-electron chi connectivity index (χ3n) is 4.99. The largest absolute Gasteiger partial charge is 0.337 e. The van der Waals surface area contributed by atoms with Crippen molar-refractivity contribution in [1.29, 1.82) is 0 Å². The number of piperazine rings is 1. The van der Waals surface area contributed by atoms with Crippen LogP contribution in [0.3, 0.4) is 0 Å². The summed E-state index contributed by atoms with van der Waals surface area (Å²) in [5.41, 5.74) is -0.396. The Bertz CT molecular complexity index is 578. The molecular weight excluding hydrogens is 264 g/mol. The van der Waals surface area contributed by atoms with Crippen molar-refractivity contribution in [3.63, 3.8) is 0 Å². The summed E-state index contributed by atoms with van der Waals surface area (Å²) >= 11 is 0. The summed E-state index contributed by atoms with van der Waals surface area (Å²) in [5.74, 6) is 0.409. The second-order valence-electron chi connectivity index (χ2n) is 6.86. The van der Waals surface area contributed by atoms with E-state index in [0.29, 0.717) is 5.92 Å². The molecule has 2 fully saturated rings. The molecule has 1 saturated heterocycles. The van der Waals surface area contributed by atoms with Crippen LogP contribution in [0.4, 0.5) is 0 Å². The lowest BCUT2D eigenvalue weighted by molar-refractivity contribution is -0.156. The average Bonchev–Trinajstić information content (AvgIpc) is 3.28. The SMILES string of the molecule is CC1(c2ccccc2)NC(=O)CN(C(C)(C)C2CC2)C1=O. The highest BCUT2D eigenvalue weighted by Crippen LogP contribution is 2.44. The molecule has 4 heteroatoms. The molecule has 0 bridgehead atoms. The van der Waals surface area contributed by atoms with E-state index in [-0.39, 0.29) is 23.9 Å². The molecule has 1 aromatic carbocycles. The molecule has 1 aliphatic heterocycles. The molecule has 1 aromatic rings. The number of amides is 2. The third kappa shape index (κ3) is 2.23. The van der Waals surface area contributed by atoms with E-state index in [2.05, 4.69) is 19.2 Å². The van der Waals surface area contributed by atoms with Crippen LogP contribution in [0.2, 0.25) is 0 Å². The summed E-state index contributed by atoms with van der Waals surface area (Å²) in [7, 11) is 0. The zero-order chi connectivity index (χ0) is 15.3. The highest BCUT2D eigenvalue weighted by Gasteiger charge is 2.52. The quantitative estimate of drug-likeness (QED) is 0.924. The van der Waals surface area contributed by atoms with E-state index in [1.54, 1.807) is 11.8 Å². The molecule has 4 nitrogen and oxygen atoms in total. The Hall–Kier alpha value is -1.84. The van der Waals surface area contributed by atoms with Gasteiger partial charge in [0.15, 0.2) is 0 Å². The fourth-order valence-corrected chi connectivity index (χ4v) is 3.30. The highest BCUT2D eigenvalue weighted by atomic mass is 16.2. The van der Waals surface area contributed by atoms with E-state index in [4.69, 9.17) is 0 Å². The van der Waals surface area contributed by atoms with Gasteiger partial charge in [-0.1, -0.05) is 30.3 Å². The van der Waals surface area contributed by atoms with Gasteiger partial charge in [-0.15, -0.1) is 0 Å². The topological polar surface area (TPSA) is 49.4 Å². The zero-order valence-corrected chi connectivity index (χ0v) is 12.8. The number of hydrogen-bond acceptors (Lipinski definition) is 2. The van der Waals surface area contributed by atoms with E-state index in [1.807, 2.05) is 30.3 Å². The molecule has 0 radical (unpaired) electrons. The van der Waals surface area contributed by atoms with Crippen molar-refractivity contribution in [2.45, 2.75) is 44.7 Å².